The van der Waals surface area contributed by atoms with Crippen molar-refractivity contribution in [3.63, 3.8) is 0 Å². The van der Waals surface area contributed by atoms with Gasteiger partial charge >= 0.3 is 0 Å². The first-order valence-electron chi connectivity index (χ1n) is 7.65. The zero-order valence-corrected chi connectivity index (χ0v) is 13.0. The molecular weight excluding hydrogens is 292 g/mol. The largest absolute Gasteiger partial charge is 0.347 e. The molecule has 1 aromatic carbocycles. The Hall–Kier alpha value is -2.76. The number of aromatic nitrogens is 2. The molecule has 3 rings (SSSR count). The Bertz CT molecular complexity index is 731. The molecule has 2 heterocycles. The lowest BCUT2D eigenvalue weighted by atomic mass is 10.1. The van der Waals surface area contributed by atoms with Gasteiger partial charge in [-0.1, -0.05) is 19.1 Å². The number of hydrogen-bond donors (Lipinski definition) is 1. The van der Waals surface area contributed by atoms with Crippen molar-refractivity contribution in [1.82, 2.24) is 15.3 Å². The Morgan fingerprint density at radius 2 is 2.17 bits per heavy atom. The van der Waals surface area contributed by atoms with Crippen LogP contribution in [0.5, 0.6) is 0 Å². The molecule has 1 aliphatic rings. The van der Waals surface area contributed by atoms with Crippen LogP contribution in [-0.2, 0) is 17.8 Å². The standard InChI is InChI=1S/C17H18N4O2/c1-2-16(22)21-8-5-13-9-12(3-4-15(13)21)10-20-17(23)14-11-18-6-7-19-14/h3-4,6-7,9,11H,2,5,8,10H2,1H3,(H,20,23). The average molecular weight is 310 g/mol. The highest BCUT2D eigenvalue weighted by molar-refractivity contribution is 5.95. The molecule has 0 unspecified atom stereocenters. The van der Waals surface area contributed by atoms with Crippen LogP contribution in [0.3, 0.4) is 0 Å². The maximum absolute atomic E-state index is 12.0. The van der Waals surface area contributed by atoms with E-state index in [1.807, 2.05) is 24.0 Å². The number of benzene rings is 1. The van der Waals surface area contributed by atoms with Gasteiger partial charge in [0, 0.05) is 37.6 Å². The van der Waals surface area contributed by atoms with Gasteiger partial charge in [0.1, 0.15) is 5.69 Å². The third kappa shape index (κ3) is 3.21. The van der Waals surface area contributed by atoms with Crippen molar-refractivity contribution in [2.24, 2.45) is 0 Å². The van der Waals surface area contributed by atoms with Gasteiger partial charge in [0.25, 0.3) is 5.91 Å². The molecule has 0 atom stereocenters. The van der Waals surface area contributed by atoms with Gasteiger partial charge in [-0.25, -0.2) is 4.98 Å². The van der Waals surface area contributed by atoms with Crippen molar-refractivity contribution in [1.29, 1.82) is 0 Å². The predicted octanol–water partition coefficient (Wildman–Crippen LogP) is 1.71. The maximum atomic E-state index is 12.0. The smallest absolute Gasteiger partial charge is 0.271 e. The van der Waals surface area contributed by atoms with E-state index >= 15 is 0 Å². The summed E-state index contributed by atoms with van der Waals surface area (Å²) >= 11 is 0. The van der Waals surface area contributed by atoms with Crippen LogP contribution in [0.25, 0.3) is 0 Å². The lowest BCUT2D eigenvalue weighted by Gasteiger charge is -2.16. The summed E-state index contributed by atoms with van der Waals surface area (Å²) < 4.78 is 0. The molecule has 6 nitrogen and oxygen atoms in total. The molecule has 2 aromatic rings. The number of fused-ring (bicyclic) bond motifs is 1. The number of nitrogens with zero attached hydrogens (tertiary/aromatic N) is 3. The SMILES string of the molecule is CCC(=O)N1CCc2cc(CNC(=O)c3cnccn3)ccc21. The number of nitrogens with one attached hydrogen (secondary N) is 1. The normalized spacial score (nSPS) is 12.8. The van der Waals surface area contributed by atoms with E-state index in [9.17, 15) is 9.59 Å². The lowest BCUT2D eigenvalue weighted by molar-refractivity contribution is -0.118. The lowest BCUT2D eigenvalue weighted by Crippen LogP contribution is -2.27. The molecule has 0 bridgehead atoms. The van der Waals surface area contributed by atoms with Crippen LogP contribution in [0.1, 0.15) is 35.0 Å². The molecule has 0 saturated heterocycles. The van der Waals surface area contributed by atoms with Crippen LogP contribution in [0, 0.1) is 0 Å². The third-order valence-corrected chi connectivity index (χ3v) is 3.89. The summed E-state index contributed by atoms with van der Waals surface area (Å²) in [5.74, 6) is -0.103. The minimum atomic E-state index is -0.249. The highest BCUT2D eigenvalue weighted by atomic mass is 16.2. The van der Waals surface area contributed by atoms with Gasteiger partial charge in [-0.2, -0.15) is 0 Å². The van der Waals surface area contributed by atoms with Crippen LogP contribution >= 0.6 is 0 Å². The van der Waals surface area contributed by atoms with E-state index in [1.54, 1.807) is 0 Å². The molecule has 1 aliphatic heterocycles. The Balaban J connectivity index is 1.67. The summed E-state index contributed by atoms with van der Waals surface area (Å²) in [4.78, 5) is 33.5. The summed E-state index contributed by atoms with van der Waals surface area (Å²) in [5.41, 5.74) is 3.44. The summed E-state index contributed by atoms with van der Waals surface area (Å²) in [7, 11) is 0. The molecule has 0 aliphatic carbocycles. The van der Waals surface area contributed by atoms with E-state index < -0.39 is 0 Å². The number of rotatable bonds is 4. The molecule has 2 amide bonds. The van der Waals surface area contributed by atoms with E-state index in [-0.39, 0.29) is 11.8 Å². The Morgan fingerprint density at radius 1 is 1.30 bits per heavy atom. The first kappa shape index (κ1) is 15.1. The Morgan fingerprint density at radius 3 is 2.91 bits per heavy atom. The van der Waals surface area contributed by atoms with E-state index in [0.29, 0.717) is 18.7 Å². The molecule has 1 N–H and O–H groups in total. The minimum Gasteiger partial charge on any atom is -0.347 e. The molecule has 6 heteroatoms. The van der Waals surface area contributed by atoms with Crippen LogP contribution in [-0.4, -0.2) is 28.3 Å². The second-order valence-corrected chi connectivity index (χ2v) is 5.39. The predicted molar refractivity (Wildman–Crippen MR) is 86.0 cm³/mol. The van der Waals surface area contributed by atoms with Crippen molar-refractivity contribution in [3.05, 3.63) is 53.6 Å². The number of carbonyl (C=O) groups excluding carboxylic acids is 2. The number of amides is 2. The minimum absolute atomic E-state index is 0.146. The number of anilines is 1. The second kappa shape index (κ2) is 6.56. The Labute approximate surface area is 134 Å². The van der Waals surface area contributed by atoms with Gasteiger partial charge in [-0.15, -0.1) is 0 Å². The molecule has 0 fully saturated rings. The van der Waals surface area contributed by atoms with E-state index in [4.69, 9.17) is 0 Å². The first-order valence-corrected chi connectivity index (χ1v) is 7.65. The summed E-state index contributed by atoms with van der Waals surface area (Å²) in [6.45, 7) is 3.03. The summed E-state index contributed by atoms with van der Waals surface area (Å²) in [6.07, 6.45) is 5.82. The Kier molecular flexibility index (Phi) is 4.32. The number of hydrogen-bond acceptors (Lipinski definition) is 4. The van der Waals surface area contributed by atoms with Crippen LogP contribution in [0.15, 0.2) is 36.8 Å². The highest BCUT2D eigenvalue weighted by Gasteiger charge is 2.23. The summed E-state index contributed by atoms with van der Waals surface area (Å²) in [6, 6.07) is 5.95. The summed E-state index contributed by atoms with van der Waals surface area (Å²) in [5, 5.41) is 2.83. The van der Waals surface area contributed by atoms with Crippen molar-refractivity contribution in [2.75, 3.05) is 11.4 Å². The molecule has 23 heavy (non-hydrogen) atoms. The molecule has 1 aromatic heterocycles. The van der Waals surface area contributed by atoms with Crippen LogP contribution in [0.4, 0.5) is 5.69 Å². The van der Waals surface area contributed by atoms with Crippen molar-refractivity contribution in [3.8, 4) is 0 Å². The fraction of sp³-hybridized carbons (Fsp3) is 0.294. The second-order valence-electron chi connectivity index (χ2n) is 5.39. The quantitative estimate of drug-likeness (QED) is 0.933. The number of carbonyl (C=O) groups is 2. The fourth-order valence-electron chi connectivity index (χ4n) is 2.70. The topological polar surface area (TPSA) is 75.2 Å². The first-order chi connectivity index (χ1) is 11.2. The van der Waals surface area contributed by atoms with E-state index in [1.165, 1.54) is 18.6 Å². The van der Waals surface area contributed by atoms with Crippen molar-refractivity contribution in [2.45, 2.75) is 26.3 Å². The van der Waals surface area contributed by atoms with Crippen molar-refractivity contribution >= 4 is 17.5 Å². The fourth-order valence-corrected chi connectivity index (χ4v) is 2.70. The zero-order chi connectivity index (χ0) is 16.2. The molecular formula is C17H18N4O2. The highest BCUT2D eigenvalue weighted by Crippen LogP contribution is 2.29. The third-order valence-electron chi connectivity index (χ3n) is 3.89. The molecule has 0 saturated carbocycles. The van der Waals surface area contributed by atoms with Gasteiger partial charge < -0.3 is 10.2 Å². The van der Waals surface area contributed by atoms with Crippen LogP contribution < -0.4 is 10.2 Å². The van der Waals surface area contributed by atoms with Gasteiger partial charge in [0.15, 0.2) is 0 Å². The molecule has 0 spiro atoms. The van der Waals surface area contributed by atoms with Gasteiger partial charge in [0.05, 0.1) is 6.20 Å². The van der Waals surface area contributed by atoms with E-state index in [0.717, 1.165) is 29.8 Å². The van der Waals surface area contributed by atoms with Gasteiger partial charge in [-0.05, 0) is 23.6 Å². The maximum Gasteiger partial charge on any atom is 0.271 e. The average Bonchev–Trinajstić information content (AvgIpc) is 3.03. The monoisotopic (exact) mass is 310 g/mol. The van der Waals surface area contributed by atoms with Gasteiger partial charge in [-0.3, -0.25) is 14.6 Å². The van der Waals surface area contributed by atoms with Gasteiger partial charge in [0.2, 0.25) is 5.91 Å². The zero-order valence-electron chi connectivity index (χ0n) is 13.0. The van der Waals surface area contributed by atoms with Crippen LogP contribution in [0.2, 0.25) is 0 Å². The van der Waals surface area contributed by atoms with Crippen molar-refractivity contribution < 1.29 is 9.59 Å². The molecule has 0 radical (unpaired) electrons. The molecule has 118 valence electrons. The van der Waals surface area contributed by atoms with E-state index in [2.05, 4.69) is 21.4 Å².